The van der Waals surface area contributed by atoms with E-state index in [-0.39, 0.29) is 29.3 Å². The Morgan fingerprint density at radius 2 is 1.63 bits per heavy atom. The van der Waals surface area contributed by atoms with Crippen molar-refractivity contribution in [1.82, 2.24) is 14.9 Å². The van der Waals surface area contributed by atoms with Gasteiger partial charge in [-0.1, -0.05) is 61.9 Å². The molecule has 0 radical (unpaired) electrons. The van der Waals surface area contributed by atoms with Crippen molar-refractivity contribution in [3.05, 3.63) is 99.6 Å². The van der Waals surface area contributed by atoms with Crippen LogP contribution in [0.5, 0.6) is 0 Å². The largest absolute Gasteiger partial charge is 0.296 e. The van der Waals surface area contributed by atoms with E-state index in [0.717, 1.165) is 16.7 Å². The van der Waals surface area contributed by atoms with Crippen LogP contribution in [0.4, 0.5) is 5.69 Å². The molecule has 4 atom stereocenters. The highest BCUT2D eigenvalue weighted by Gasteiger charge is 2.70. The van der Waals surface area contributed by atoms with Gasteiger partial charge in [-0.2, -0.15) is 0 Å². The van der Waals surface area contributed by atoms with Gasteiger partial charge in [-0.3, -0.25) is 24.3 Å². The monoisotopic (exact) mass is 504 g/mol. The summed E-state index contributed by atoms with van der Waals surface area (Å²) in [4.78, 5) is 48.9. The number of aromatic nitrogens is 2. The minimum atomic E-state index is -1.11. The highest BCUT2D eigenvalue weighted by Crippen LogP contribution is 2.56. The normalized spacial score (nSPS) is 25.5. The van der Waals surface area contributed by atoms with Crippen molar-refractivity contribution in [2.45, 2.75) is 39.3 Å². The predicted molar refractivity (Wildman–Crippen MR) is 145 cm³/mol. The van der Waals surface area contributed by atoms with Crippen LogP contribution in [-0.2, 0) is 15.1 Å². The van der Waals surface area contributed by atoms with Crippen LogP contribution in [0, 0.1) is 31.6 Å². The van der Waals surface area contributed by atoms with Crippen LogP contribution in [0.25, 0.3) is 16.6 Å². The number of carbonyl (C=O) groups is 2. The second kappa shape index (κ2) is 7.71. The fourth-order valence-corrected chi connectivity index (χ4v) is 7.02. The van der Waals surface area contributed by atoms with Crippen molar-refractivity contribution in [2.24, 2.45) is 17.8 Å². The number of nitrogens with zero attached hydrogens (tertiary/aromatic N) is 3. The van der Waals surface area contributed by atoms with Gasteiger partial charge < -0.3 is 0 Å². The molecule has 3 aromatic carbocycles. The standard InChI is InChI=1S/C31H28N4O3/c1-16(2)26-24-25(29(38)34(28(24)37)22-14-13-17(3)15-18(22)4)31(33-26)20-10-6-8-12-23(20)35-27(36)19-9-5-7-11-21(19)32-30(31)35/h5-16,24-26,33H,1-4H3/t24-,25-,26?,31?/m1/s1. The summed E-state index contributed by atoms with van der Waals surface area (Å²) in [6, 6.07) is 20.4. The van der Waals surface area contributed by atoms with Gasteiger partial charge in [0.05, 0.1) is 34.1 Å². The lowest BCUT2D eigenvalue weighted by molar-refractivity contribution is -0.123. The minimum absolute atomic E-state index is 0.0612. The second-order valence-electron chi connectivity index (χ2n) is 11.1. The molecule has 2 fully saturated rings. The molecule has 2 saturated heterocycles. The molecule has 7 heteroatoms. The van der Waals surface area contributed by atoms with E-state index >= 15 is 0 Å². The average Bonchev–Trinajstić information content (AvgIpc) is 3.49. The molecule has 1 spiro atoms. The molecule has 3 aliphatic heterocycles. The average molecular weight is 505 g/mol. The molecule has 2 amide bonds. The lowest BCUT2D eigenvalue weighted by Gasteiger charge is -2.32. The van der Waals surface area contributed by atoms with E-state index in [1.54, 1.807) is 10.6 Å². The van der Waals surface area contributed by atoms with Crippen molar-refractivity contribution in [3.63, 3.8) is 0 Å². The number of rotatable bonds is 2. The highest BCUT2D eigenvalue weighted by atomic mass is 16.2. The zero-order valence-corrected chi connectivity index (χ0v) is 21.7. The Labute approximate surface area is 220 Å². The number of aryl methyl sites for hydroxylation is 2. The molecule has 190 valence electrons. The maximum Gasteiger partial charge on any atom is 0.266 e. The van der Waals surface area contributed by atoms with E-state index in [4.69, 9.17) is 4.98 Å². The Balaban J connectivity index is 1.53. The molecule has 1 N–H and O–H groups in total. The van der Waals surface area contributed by atoms with Gasteiger partial charge in [-0.05, 0) is 49.6 Å². The molecule has 2 unspecified atom stereocenters. The third-order valence-corrected chi connectivity index (χ3v) is 8.61. The molecular formula is C31H28N4O3. The van der Waals surface area contributed by atoms with E-state index in [2.05, 4.69) is 19.2 Å². The van der Waals surface area contributed by atoms with Gasteiger partial charge in [0, 0.05) is 11.6 Å². The lowest BCUT2D eigenvalue weighted by Crippen LogP contribution is -2.51. The first-order valence-electron chi connectivity index (χ1n) is 13.1. The number of hydrogen-bond acceptors (Lipinski definition) is 5. The van der Waals surface area contributed by atoms with E-state index in [0.29, 0.717) is 28.1 Å². The summed E-state index contributed by atoms with van der Waals surface area (Å²) in [5, 5.41) is 4.26. The number of amides is 2. The number of imide groups is 1. The SMILES string of the molecule is Cc1ccc(N2C(=O)[C@H]3C(C(C)C)NC4(c5ccccc5-n5c4nc4ccccc4c5=O)[C@H]3C2=O)c(C)c1. The first kappa shape index (κ1) is 23.0. The summed E-state index contributed by atoms with van der Waals surface area (Å²) < 4.78 is 1.64. The first-order chi connectivity index (χ1) is 18.3. The van der Waals surface area contributed by atoms with E-state index < -0.39 is 17.4 Å². The van der Waals surface area contributed by atoms with Gasteiger partial charge in [-0.25, -0.2) is 9.88 Å². The number of fused-ring (bicyclic) bond motifs is 8. The fourth-order valence-electron chi connectivity index (χ4n) is 7.02. The van der Waals surface area contributed by atoms with Crippen LogP contribution in [0.2, 0.25) is 0 Å². The van der Waals surface area contributed by atoms with Gasteiger partial charge >= 0.3 is 0 Å². The highest BCUT2D eigenvalue weighted by molar-refractivity contribution is 6.23. The van der Waals surface area contributed by atoms with Crippen LogP contribution in [0.1, 0.15) is 36.4 Å². The molecule has 3 aliphatic rings. The van der Waals surface area contributed by atoms with Crippen molar-refractivity contribution < 1.29 is 9.59 Å². The topological polar surface area (TPSA) is 84.3 Å². The number of para-hydroxylation sites is 2. The second-order valence-corrected chi connectivity index (χ2v) is 11.1. The van der Waals surface area contributed by atoms with Gasteiger partial charge in [-0.15, -0.1) is 0 Å². The maximum absolute atomic E-state index is 14.5. The van der Waals surface area contributed by atoms with Gasteiger partial charge in [0.15, 0.2) is 0 Å². The molecule has 4 aromatic rings. The van der Waals surface area contributed by atoms with E-state index in [9.17, 15) is 14.4 Å². The van der Waals surface area contributed by atoms with Gasteiger partial charge in [0.2, 0.25) is 11.8 Å². The summed E-state index contributed by atoms with van der Waals surface area (Å²) in [6.45, 7) is 8.05. The van der Waals surface area contributed by atoms with Crippen molar-refractivity contribution in [3.8, 4) is 5.69 Å². The number of nitrogens with one attached hydrogen (secondary N) is 1. The summed E-state index contributed by atoms with van der Waals surface area (Å²) in [7, 11) is 0. The zero-order valence-electron chi connectivity index (χ0n) is 21.7. The van der Waals surface area contributed by atoms with Crippen LogP contribution in [0.3, 0.4) is 0 Å². The number of anilines is 1. The molecular weight excluding hydrogens is 476 g/mol. The molecule has 0 saturated carbocycles. The smallest absolute Gasteiger partial charge is 0.266 e. The number of benzene rings is 3. The fraction of sp³-hybridized carbons (Fsp3) is 0.290. The third-order valence-electron chi connectivity index (χ3n) is 8.61. The molecule has 4 heterocycles. The zero-order chi connectivity index (χ0) is 26.5. The summed E-state index contributed by atoms with van der Waals surface area (Å²) in [6.07, 6.45) is 0. The van der Waals surface area contributed by atoms with E-state index in [1.165, 1.54) is 4.90 Å². The lowest BCUT2D eigenvalue weighted by atomic mass is 9.75. The Morgan fingerprint density at radius 1 is 0.895 bits per heavy atom. The Kier molecular flexibility index (Phi) is 4.68. The Hall–Kier alpha value is -4.10. The summed E-state index contributed by atoms with van der Waals surface area (Å²) in [5.41, 5.74) is 3.36. The van der Waals surface area contributed by atoms with Gasteiger partial charge in [0.1, 0.15) is 11.4 Å². The summed E-state index contributed by atoms with van der Waals surface area (Å²) in [5.74, 6) is -1.25. The Morgan fingerprint density at radius 3 is 2.39 bits per heavy atom. The van der Waals surface area contributed by atoms with Gasteiger partial charge in [0.25, 0.3) is 5.56 Å². The first-order valence-corrected chi connectivity index (χ1v) is 13.1. The van der Waals surface area contributed by atoms with Crippen LogP contribution < -0.4 is 15.8 Å². The Bertz CT molecular complexity index is 1760. The molecule has 7 nitrogen and oxygen atoms in total. The van der Waals surface area contributed by atoms with Crippen molar-refractivity contribution in [1.29, 1.82) is 0 Å². The minimum Gasteiger partial charge on any atom is -0.296 e. The maximum atomic E-state index is 14.5. The third kappa shape index (κ3) is 2.72. The molecule has 1 aromatic heterocycles. The molecule has 0 bridgehead atoms. The van der Waals surface area contributed by atoms with Crippen LogP contribution in [0.15, 0.2) is 71.5 Å². The summed E-state index contributed by atoms with van der Waals surface area (Å²) >= 11 is 0. The predicted octanol–water partition coefficient (Wildman–Crippen LogP) is 3.99. The number of carbonyl (C=O) groups excluding carboxylic acids is 2. The molecule has 7 rings (SSSR count). The van der Waals surface area contributed by atoms with Crippen molar-refractivity contribution in [2.75, 3.05) is 4.90 Å². The quantitative estimate of drug-likeness (QED) is 0.418. The van der Waals surface area contributed by atoms with Crippen molar-refractivity contribution >= 4 is 28.4 Å². The van der Waals surface area contributed by atoms with Crippen LogP contribution >= 0.6 is 0 Å². The molecule has 0 aliphatic carbocycles. The van der Waals surface area contributed by atoms with Crippen LogP contribution in [-0.4, -0.2) is 27.4 Å². The molecule has 38 heavy (non-hydrogen) atoms. The number of hydrogen-bond donors (Lipinski definition) is 1. The van der Waals surface area contributed by atoms with E-state index in [1.807, 2.05) is 74.5 Å².